The van der Waals surface area contributed by atoms with E-state index >= 15 is 0 Å². The van der Waals surface area contributed by atoms with E-state index in [9.17, 15) is 9.59 Å². The van der Waals surface area contributed by atoms with E-state index in [0.29, 0.717) is 28.3 Å². The topological polar surface area (TPSA) is 87.2 Å². The standard InChI is InChI=1S/C21H24ClN5O2S/c22-15-4-1-5-17(11-15)23-19(28)13-30-20-9-8-18(25-26-20)27-10-2-3-14(12-27)21(29)24-16-6-7-16/h1,4-5,8-9,11,14,16H,2-3,6-7,10,12-13H2,(H,23,28)(H,24,29)/t14-/m1/s1. The number of nitrogens with one attached hydrogen (secondary N) is 2. The summed E-state index contributed by atoms with van der Waals surface area (Å²) in [7, 11) is 0. The maximum Gasteiger partial charge on any atom is 0.234 e. The van der Waals surface area contributed by atoms with E-state index in [-0.39, 0.29) is 23.5 Å². The fraction of sp³-hybridized carbons (Fsp3) is 0.429. The zero-order chi connectivity index (χ0) is 20.9. The zero-order valence-electron chi connectivity index (χ0n) is 16.5. The molecular weight excluding hydrogens is 422 g/mol. The maximum absolute atomic E-state index is 12.4. The van der Waals surface area contributed by atoms with Gasteiger partial charge in [0.15, 0.2) is 5.82 Å². The van der Waals surface area contributed by atoms with E-state index in [1.165, 1.54) is 11.8 Å². The summed E-state index contributed by atoms with van der Waals surface area (Å²) in [4.78, 5) is 26.6. The van der Waals surface area contributed by atoms with Gasteiger partial charge in [0.25, 0.3) is 0 Å². The number of hydrogen-bond acceptors (Lipinski definition) is 6. The summed E-state index contributed by atoms with van der Waals surface area (Å²) in [6.45, 7) is 1.54. The number of rotatable bonds is 7. The lowest BCUT2D eigenvalue weighted by molar-refractivity contribution is -0.125. The summed E-state index contributed by atoms with van der Waals surface area (Å²) in [6, 6.07) is 11.2. The quantitative estimate of drug-likeness (QED) is 0.635. The van der Waals surface area contributed by atoms with E-state index in [4.69, 9.17) is 11.6 Å². The van der Waals surface area contributed by atoms with Crippen LogP contribution in [-0.2, 0) is 9.59 Å². The van der Waals surface area contributed by atoms with Crippen LogP contribution in [0.25, 0.3) is 0 Å². The highest BCUT2D eigenvalue weighted by Crippen LogP contribution is 2.25. The fourth-order valence-electron chi connectivity index (χ4n) is 3.41. The molecule has 2 aliphatic rings. The molecule has 9 heteroatoms. The summed E-state index contributed by atoms with van der Waals surface area (Å²) in [5, 5.41) is 15.7. The third kappa shape index (κ3) is 5.86. The number of carbonyl (C=O) groups excluding carboxylic acids is 2. The van der Waals surface area contributed by atoms with Crippen LogP contribution in [0.15, 0.2) is 41.4 Å². The van der Waals surface area contributed by atoms with Crippen LogP contribution in [0.4, 0.5) is 11.5 Å². The van der Waals surface area contributed by atoms with Crippen molar-refractivity contribution in [3.8, 4) is 0 Å². The van der Waals surface area contributed by atoms with Crippen LogP contribution in [0.2, 0.25) is 5.02 Å². The van der Waals surface area contributed by atoms with Crippen LogP contribution in [0.3, 0.4) is 0 Å². The maximum atomic E-state index is 12.4. The molecule has 0 bridgehead atoms. The van der Waals surface area contributed by atoms with Gasteiger partial charge in [-0.15, -0.1) is 10.2 Å². The monoisotopic (exact) mass is 445 g/mol. The van der Waals surface area contributed by atoms with Crippen LogP contribution in [0.1, 0.15) is 25.7 Å². The van der Waals surface area contributed by atoms with Crippen molar-refractivity contribution >= 4 is 46.7 Å². The number of aromatic nitrogens is 2. The van der Waals surface area contributed by atoms with Gasteiger partial charge in [-0.05, 0) is 56.0 Å². The molecule has 2 amide bonds. The highest BCUT2D eigenvalue weighted by atomic mass is 35.5. The van der Waals surface area contributed by atoms with E-state index < -0.39 is 0 Å². The van der Waals surface area contributed by atoms with Crippen LogP contribution < -0.4 is 15.5 Å². The Morgan fingerprint density at radius 3 is 2.77 bits per heavy atom. The lowest BCUT2D eigenvalue weighted by Gasteiger charge is -2.32. The first-order valence-corrected chi connectivity index (χ1v) is 11.5. The first kappa shape index (κ1) is 20.9. The Balaban J connectivity index is 1.27. The molecule has 1 saturated carbocycles. The number of thioether (sulfide) groups is 1. The summed E-state index contributed by atoms with van der Waals surface area (Å²) in [5.74, 6) is 1.03. The van der Waals surface area contributed by atoms with Gasteiger partial charge < -0.3 is 15.5 Å². The van der Waals surface area contributed by atoms with Gasteiger partial charge in [-0.3, -0.25) is 9.59 Å². The molecule has 2 aromatic rings. The Morgan fingerprint density at radius 1 is 1.17 bits per heavy atom. The molecule has 0 spiro atoms. The molecule has 0 unspecified atom stereocenters. The highest BCUT2D eigenvalue weighted by Gasteiger charge is 2.30. The number of halogens is 1. The lowest BCUT2D eigenvalue weighted by atomic mass is 9.97. The minimum atomic E-state index is -0.131. The van der Waals surface area contributed by atoms with E-state index in [1.807, 2.05) is 12.1 Å². The Morgan fingerprint density at radius 2 is 2.03 bits per heavy atom. The first-order valence-electron chi connectivity index (χ1n) is 10.1. The van der Waals surface area contributed by atoms with Gasteiger partial charge in [-0.2, -0.15) is 0 Å². The van der Waals surface area contributed by atoms with Crippen molar-refractivity contribution in [2.75, 3.05) is 29.1 Å². The summed E-state index contributed by atoms with van der Waals surface area (Å²) in [6.07, 6.45) is 4.08. The zero-order valence-corrected chi connectivity index (χ0v) is 18.1. The smallest absolute Gasteiger partial charge is 0.234 e. The van der Waals surface area contributed by atoms with E-state index in [1.54, 1.807) is 24.3 Å². The largest absolute Gasteiger partial charge is 0.354 e. The van der Waals surface area contributed by atoms with Gasteiger partial charge in [0.05, 0.1) is 11.7 Å². The summed E-state index contributed by atoms with van der Waals surface area (Å²) in [5.41, 5.74) is 0.667. The first-order chi connectivity index (χ1) is 14.6. The third-order valence-electron chi connectivity index (χ3n) is 5.13. The van der Waals surface area contributed by atoms with E-state index in [0.717, 1.165) is 38.0 Å². The molecule has 1 aliphatic heterocycles. The number of hydrogen-bond donors (Lipinski definition) is 2. The van der Waals surface area contributed by atoms with Crippen LogP contribution >= 0.6 is 23.4 Å². The molecule has 2 fully saturated rings. The second kappa shape index (κ2) is 9.66. The number of anilines is 2. The Hall–Kier alpha value is -2.32. The van der Waals surface area contributed by atoms with Gasteiger partial charge in [0.1, 0.15) is 5.03 Å². The van der Waals surface area contributed by atoms with Gasteiger partial charge in [0.2, 0.25) is 11.8 Å². The fourth-order valence-corrected chi connectivity index (χ4v) is 4.21. The van der Waals surface area contributed by atoms with Gasteiger partial charge >= 0.3 is 0 Å². The van der Waals surface area contributed by atoms with Gasteiger partial charge in [-0.25, -0.2) is 0 Å². The van der Waals surface area contributed by atoms with Crippen LogP contribution in [0.5, 0.6) is 0 Å². The SMILES string of the molecule is O=C(CSc1ccc(N2CCC[C@@H](C(=O)NC3CC3)C2)nn1)Nc1cccc(Cl)c1. The number of piperidine rings is 1. The minimum absolute atomic E-state index is 0.00499. The molecular formula is C21H24ClN5O2S. The molecule has 7 nitrogen and oxygen atoms in total. The summed E-state index contributed by atoms with van der Waals surface area (Å²) >= 11 is 7.26. The van der Waals surface area contributed by atoms with Crippen LogP contribution in [-0.4, -0.2) is 46.9 Å². The van der Waals surface area contributed by atoms with Gasteiger partial charge in [0, 0.05) is 29.8 Å². The second-order valence-corrected chi connectivity index (χ2v) is 9.08. The van der Waals surface area contributed by atoms with Crippen LogP contribution in [0, 0.1) is 5.92 Å². The average molecular weight is 446 g/mol. The Bertz CT molecular complexity index is 907. The van der Waals surface area contributed by atoms with Gasteiger partial charge in [-0.1, -0.05) is 29.4 Å². The lowest BCUT2D eigenvalue weighted by Crippen LogP contribution is -2.44. The number of amides is 2. The molecule has 1 atom stereocenters. The molecule has 1 aliphatic carbocycles. The molecule has 30 heavy (non-hydrogen) atoms. The molecule has 4 rings (SSSR count). The second-order valence-electron chi connectivity index (χ2n) is 7.64. The normalized spacial score (nSPS) is 18.7. The number of nitrogens with zero attached hydrogens (tertiary/aromatic N) is 3. The molecule has 1 saturated heterocycles. The van der Waals surface area contributed by atoms with Crippen molar-refractivity contribution < 1.29 is 9.59 Å². The number of carbonyl (C=O) groups is 2. The predicted octanol–water partition coefficient (Wildman–Crippen LogP) is 3.36. The number of benzene rings is 1. The van der Waals surface area contributed by atoms with Crippen molar-refractivity contribution in [1.29, 1.82) is 0 Å². The third-order valence-corrected chi connectivity index (χ3v) is 6.28. The van der Waals surface area contributed by atoms with Crippen molar-refractivity contribution in [3.63, 3.8) is 0 Å². The predicted molar refractivity (Wildman–Crippen MR) is 119 cm³/mol. The Kier molecular flexibility index (Phi) is 6.74. The average Bonchev–Trinajstić information content (AvgIpc) is 3.57. The molecule has 1 aromatic carbocycles. The van der Waals surface area contributed by atoms with Crippen molar-refractivity contribution in [2.45, 2.75) is 36.8 Å². The molecule has 2 N–H and O–H groups in total. The molecule has 1 aromatic heterocycles. The molecule has 158 valence electrons. The Labute approximate surface area is 185 Å². The van der Waals surface area contributed by atoms with Crippen molar-refractivity contribution in [2.24, 2.45) is 5.92 Å². The van der Waals surface area contributed by atoms with Crippen molar-refractivity contribution in [3.05, 3.63) is 41.4 Å². The molecule has 0 radical (unpaired) electrons. The minimum Gasteiger partial charge on any atom is -0.354 e. The summed E-state index contributed by atoms with van der Waals surface area (Å²) < 4.78 is 0. The molecule has 2 heterocycles. The van der Waals surface area contributed by atoms with Crippen molar-refractivity contribution in [1.82, 2.24) is 15.5 Å². The highest BCUT2D eigenvalue weighted by molar-refractivity contribution is 7.99. The van der Waals surface area contributed by atoms with E-state index in [2.05, 4.69) is 25.7 Å².